The zero-order chi connectivity index (χ0) is 30.8. The number of likely N-dealkylation sites (N-methyl/N-ethyl adjacent to an activating group) is 1. The quantitative estimate of drug-likeness (QED) is 0.200. The van der Waals surface area contributed by atoms with Crippen molar-refractivity contribution in [2.24, 2.45) is 4.99 Å². The lowest BCUT2D eigenvalue weighted by Crippen LogP contribution is -2.16. The Balaban J connectivity index is 1.37. The van der Waals surface area contributed by atoms with Crippen LogP contribution in [0.15, 0.2) is 121 Å². The smallest absolute Gasteiger partial charge is 0.126 e. The third kappa shape index (κ3) is 6.27. The standard InChI is InChI=1S/C39H34N6/c1-26-10-11-30(24-42-26)34-15-32(28-7-4-12-40-22-28)17-36(19-34)38-21-39(44-27(2)43-38)37-18-33(29-8-5-13-41-23-29)16-35(20-37)31-9-6-14-45(3)25-31/h4-9,11-24,26H,10,25H2,1-3H3. The number of allylic oxidation sites excluding steroid dienone is 3. The van der Waals surface area contributed by atoms with Gasteiger partial charge in [0.15, 0.2) is 0 Å². The SMILES string of the molecule is Cc1nc(-c2cc(C3=CCC(C)N=C3)cc(-c3cccnc3)c2)cc(-c2cc(C3=CC=CN(C)C3)cc(-c3cccnc3)c2)n1. The van der Waals surface area contributed by atoms with Gasteiger partial charge >= 0.3 is 0 Å². The molecule has 0 aliphatic carbocycles. The Morgan fingerprint density at radius 3 is 1.89 bits per heavy atom. The van der Waals surface area contributed by atoms with Crippen LogP contribution in [0.2, 0.25) is 0 Å². The molecule has 2 aromatic carbocycles. The van der Waals surface area contributed by atoms with Gasteiger partial charge in [-0.1, -0.05) is 24.3 Å². The summed E-state index contributed by atoms with van der Waals surface area (Å²) in [7, 11) is 2.10. The van der Waals surface area contributed by atoms with E-state index < -0.39 is 0 Å². The second kappa shape index (κ2) is 12.2. The molecule has 3 aromatic heterocycles. The number of pyridine rings is 2. The van der Waals surface area contributed by atoms with E-state index in [2.05, 4.69) is 108 Å². The van der Waals surface area contributed by atoms with Crippen molar-refractivity contribution in [1.82, 2.24) is 24.8 Å². The molecule has 0 bridgehead atoms. The maximum Gasteiger partial charge on any atom is 0.126 e. The van der Waals surface area contributed by atoms with E-state index in [1.165, 1.54) is 11.1 Å². The molecular formula is C39H34N6. The van der Waals surface area contributed by atoms with Crippen molar-refractivity contribution in [3.63, 3.8) is 0 Å². The molecule has 0 fully saturated rings. The average Bonchev–Trinajstić information content (AvgIpc) is 3.09. The Morgan fingerprint density at radius 2 is 1.31 bits per heavy atom. The van der Waals surface area contributed by atoms with Gasteiger partial charge in [0.1, 0.15) is 5.82 Å². The van der Waals surface area contributed by atoms with E-state index in [-0.39, 0.29) is 0 Å². The molecule has 0 spiro atoms. The topological polar surface area (TPSA) is 67.2 Å². The van der Waals surface area contributed by atoms with E-state index in [1.807, 2.05) is 37.7 Å². The normalized spacial score (nSPS) is 16.0. The molecule has 0 N–H and O–H groups in total. The molecule has 6 nitrogen and oxygen atoms in total. The Labute approximate surface area is 264 Å². The van der Waals surface area contributed by atoms with Gasteiger partial charge in [0, 0.05) is 66.8 Å². The van der Waals surface area contributed by atoms with Crippen LogP contribution in [0.5, 0.6) is 0 Å². The number of hydrogen-bond acceptors (Lipinski definition) is 6. The fourth-order valence-electron chi connectivity index (χ4n) is 5.85. The lowest BCUT2D eigenvalue weighted by molar-refractivity contribution is 0.512. The molecule has 0 saturated heterocycles. The molecule has 0 saturated carbocycles. The summed E-state index contributed by atoms with van der Waals surface area (Å²) in [5.74, 6) is 0.718. The summed E-state index contributed by atoms with van der Waals surface area (Å²) in [6, 6.07) is 23.9. The lowest BCUT2D eigenvalue weighted by atomic mass is 9.93. The number of hydrogen-bond donors (Lipinski definition) is 0. The molecule has 6 heteroatoms. The summed E-state index contributed by atoms with van der Waals surface area (Å²) in [5.41, 5.74) is 12.8. The Bertz CT molecular complexity index is 1990. The van der Waals surface area contributed by atoms with Gasteiger partial charge in [-0.05, 0) is 121 Å². The number of rotatable bonds is 6. The summed E-state index contributed by atoms with van der Waals surface area (Å²) < 4.78 is 0. The van der Waals surface area contributed by atoms with E-state index in [9.17, 15) is 0 Å². The first-order valence-corrected chi connectivity index (χ1v) is 15.3. The number of aryl methyl sites for hydroxylation is 1. The zero-order valence-electron chi connectivity index (χ0n) is 25.7. The molecule has 45 heavy (non-hydrogen) atoms. The van der Waals surface area contributed by atoms with Crippen LogP contribution < -0.4 is 0 Å². The Kier molecular flexibility index (Phi) is 7.70. The van der Waals surface area contributed by atoms with Crippen LogP contribution in [0.1, 0.15) is 30.3 Å². The molecular weight excluding hydrogens is 552 g/mol. The Hall–Kier alpha value is -5.49. The van der Waals surface area contributed by atoms with Gasteiger partial charge < -0.3 is 4.90 Å². The summed E-state index contributed by atoms with van der Waals surface area (Å²) >= 11 is 0. The highest BCUT2D eigenvalue weighted by Gasteiger charge is 2.16. The van der Waals surface area contributed by atoms with Crippen LogP contribution in [0, 0.1) is 6.92 Å². The first-order valence-electron chi connectivity index (χ1n) is 15.3. The van der Waals surface area contributed by atoms with Crippen molar-refractivity contribution in [3.05, 3.63) is 133 Å². The van der Waals surface area contributed by atoms with Crippen molar-refractivity contribution in [1.29, 1.82) is 0 Å². The van der Waals surface area contributed by atoms with E-state index in [0.717, 1.165) is 74.7 Å². The van der Waals surface area contributed by atoms with Gasteiger partial charge in [-0.3, -0.25) is 15.0 Å². The van der Waals surface area contributed by atoms with Crippen molar-refractivity contribution in [2.45, 2.75) is 26.3 Å². The molecule has 0 radical (unpaired) electrons. The number of dihydropyridines is 1. The van der Waals surface area contributed by atoms with Crippen LogP contribution in [-0.4, -0.2) is 50.7 Å². The van der Waals surface area contributed by atoms with Crippen molar-refractivity contribution in [2.75, 3.05) is 13.6 Å². The molecule has 220 valence electrons. The Morgan fingerprint density at radius 1 is 0.711 bits per heavy atom. The zero-order valence-corrected chi connectivity index (χ0v) is 25.7. The number of benzene rings is 2. The number of nitrogens with zero attached hydrogens (tertiary/aromatic N) is 6. The third-order valence-corrected chi connectivity index (χ3v) is 8.19. The summed E-state index contributed by atoms with van der Waals surface area (Å²) in [6.07, 6.45) is 19.0. The highest BCUT2D eigenvalue weighted by molar-refractivity contribution is 6.11. The first-order chi connectivity index (χ1) is 22.0. The average molecular weight is 587 g/mol. The van der Waals surface area contributed by atoms with Crippen LogP contribution in [-0.2, 0) is 0 Å². The maximum absolute atomic E-state index is 4.95. The first kappa shape index (κ1) is 28.3. The second-order valence-corrected chi connectivity index (χ2v) is 11.7. The number of aliphatic imine (C=N–C) groups is 1. The minimum Gasteiger partial charge on any atom is -0.376 e. The molecule has 2 aliphatic heterocycles. The third-order valence-electron chi connectivity index (χ3n) is 8.19. The van der Waals surface area contributed by atoms with Crippen LogP contribution in [0.3, 0.4) is 0 Å². The fourth-order valence-corrected chi connectivity index (χ4v) is 5.85. The van der Waals surface area contributed by atoms with Crippen molar-refractivity contribution in [3.8, 4) is 44.8 Å². The van der Waals surface area contributed by atoms with Gasteiger partial charge in [0.2, 0.25) is 0 Å². The fraction of sp³-hybridized carbons (Fsp3) is 0.154. The van der Waals surface area contributed by atoms with Gasteiger partial charge in [0.25, 0.3) is 0 Å². The van der Waals surface area contributed by atoms with E-state index in [4.69, 9.17) is 15.0 Å². The van der Waals surface area contributed by atoms with Gasteiger partial charge in [-0.15, -0.1) is 0 Å². The van der Waals surface area contributed by atoms with Crippen molar-refractivity contribution < 1.29 is 0 Å². The van der Waals surface area contributed by atoms with E-state index in [0.29, 0.717) is 6.04 Å². The lowest BCUT2D eigenvalue weighted by Gasteiger charge is -2.21. The summed E-state index contributed by atoms with van der Waals surface area (Å²) in [6.45, 7) is 4.94. The van der Waals surface area contributed by atoms with Crippen LogP contribution in [0.4, 0.5) is 0 Å². The minimum absolute atomic E-state index is 0.301. The summed E-state index contributed by atoms with van der Waals surface area (Å²) in [4.78, 5) is 25.6. The maximum atomic E-state index is 4.95. The predicted octanol–water partition coefficient (Wildman–Crippen LogP) is 8.33. The van der Waals surface area contributed by atoms with Crippen LogP contribution >= 0.6 is 0 Å². The van der Waals surface area contributed by atoms with Gasteiger partial charge in [0.05, 0.1) is 17.4 Å². The molecule has 0 amide bonds. The minimum atomic E-state index is 0.301. The molecule has 5 aromatic rings. The van der Waals surface area contributed by atoms with Gasteiger partial charge in [-0.25, -0.2) is 9.97 Å². The highest BCUT2D eigenvalue weighted by Crippen LogP contribution is 2.35. The molecule has 7 rings (SSSR count). The van der Waals surface area contributed by atoms with Crippen molar-refractivity contribution >= 4 is 17.4 Å². The molecule has 1 atom stereocenters. The monoisotopic (exact) mass is 586 g/mol. The highest BCUT2D eigenvalue weighted by atomic mass is 15.1. The summed E-state index contributed by atoms with van der Waals surface area (Å²) in [5, 5.41) is 0. The molecule has 5 heterocycles. The van der Waals surface area contributed by atoms with E-state index in [1.54, 1.807) is 12.4 Å². The molecule has 1 unspecified atom stereocenters. The molecule has 2 aliphatic rings. The van der Waals surface area contributed by atoms with Crippen LogP contribution in [0.25, 0.3) is 55.9 Å². The second-order valence-electron chi connectivity index (χ2n) is 11.7. The van der Waals surface area contributed by atoms with E-state index >= 15 is 0 Å². The number of aromatic nitrogens is 4. The van der Waals surface area contributed by atoms with Gasteiger partial charge in [-0.2, -0.15) is 0 Å². The predicted molar refractivity (Wildman–Crippen MR) is 184 cm³/mol. The largest absolute Gasteiger partial charge is 0.376 e.